The molecule has 2 N–H and O–H groups in total. The number of hydrogen-bond donors (Lipinski definition) is 2. The summed E-state index contributed by atoms with van der Waals surface area (Å²) in [5.74, 6) is 0.859. The van der Waals surface area contributed by atoms with Crippen molar-refractivity contribution in [2.75, 3.05) is 25.1 Å². The van der Waals surface area contributed by atoms with Crippen LogP contribution in [0.4, 0.5) is 4.79 Å². The van der Waals surface area contributed by atoms with E-state index in [1.54, 1.807) is 4.90 Å². The van der Waals surface area contributed by atoms with Gasteiger partial charge in [-0.3, -0.25) is 0 Å². The molecule has 1 saturated heterocycles. The summed E-state index contributed by atoms with van der Waals surface area (Å²) in [7, 11) is 0. The van der Waals surface area contributed by atoms with Crippen LogP contribution in [0.5, 0.6) is 0 Å². The first kappa shape index (κ1) is 16.5. The Kier molecular flexibility index (Phi) is 6.21. The maximum Gasteiger partial charge on any atom is 0.326 e. The SMILES string of the molecule is CSCCCCCNC(=O)N1CC2CCCC2C1C(=O)O. The molecule has 1 heterocycles. The Labute approximate surface area is 130 Å². The van der Waals surface area contributed by atoms with Gasteiger partial charge in [0.05, 0.1) is 0 Å². The lowest BCUT2D eigenvalue weighted by Gasteiger charge is -2.24. The van der Waals surface area contributed by atoms with E-state index < -0.39 is 12.0 Å². The van der Waals surface area contributed by atoms with Gasteiger partial charge in [0, 0.05) is 13.1 Å². The lowest BCUT2D eigenvalue weighted by Crippen LogP contribution is -2.48. The molecule has 2 rings (SSSR count). The van der Waals surface area contributed by atoms with Crippen LogP contribution in [0, 0.1) is 11.8 Å². The van der Waals surface area contributed by atoms with Crippen molar-refractivity contribution in [1.29, 1.82) is 0 Å². The molecule has 2 aliphatic rings. The highest BCUT2D eigenvalue weighted by molar-refractivity contribution is 7.98. The summed E-state index contributed by atoms with van der Waals surface area (Å²) in [6.07, 6.45) is 8.44. The van der Waals surface area contributed by atoms with Crippen LogP contribution in [0.2, 0.25) is 0 Å². The Balaban J connectivity index is 1.77. The number of nitrogens with one attached hydrogen (secondary N) is 1. The van der Waals surface area contributed by atoms with E-state index in [0.717, 1.165) is 37.9 Å². The van der Waals surface area contributed by atoms with E-state index in [1.807, 2.05) is 11.8 Å². The van der Waals surface area contributed by atoms with Gasteiger partial charge in [-0.1, -0.05) is 12.8 Å². The molecular formula is C15H26N2O3S. The van der Waals surface area contributed by atoms with Crippen molar-refractivity contribution in [1.82, 2.24) is 10.2 Å². The van der Waals surface area contributed by atoms with Crippen LogP contribution in [0.3, 0.4) is 0 Å². The average molecular weight is 314 g/mol. The van der Waals surface area contributed by atoms with E-state index in [1.165, 1.54) is 6.42 Å². The van der Waals surface area contributed by atoms with E-state index in [0.29, 0.717) is 19.0 Å². The van der Waals surface area contributed by atoms with Crippen LogP contribution in [0.15, 0.2) is 0 Å². The number of aliphatic carboxylic acids is 1. The Hall–Kier alpha value is -0.910. The maximum atomic E-state index is 12.2. The second-order valence-electron chi connectivity index (χ2n) is 6.08. The highest BCUT2D eigenvalue weighted by Gasteiger charge is 2.49. The van der Waals surface area contributed by atoms with Crippen molar-refractivity contribution in [3.63, 3.8) is 0 Å². The van der Waals surface area contributed by atoms with Gasteiger partial charge in [-0.25, -0.2) is 9.59 Å². The summed E-state index contributed by atoms with van der Waals surface area (Å²) < 4.78 is 0. The lowest BCUT2D eigenvalue weighted by atomic mass is 9.94. The van der Waals surface area contributed by atoms with Gasteiger partial charge in [-0.05, 0) is 49.5 Å². The van der Waals surface area contributed by atoms with Crippen LogP contribution in [-0.4, -0.2) is 53.1 Å². The van der Waals surface area contributed by atoms with Gasteiger partial charge in [0.25, 0.3) is 0 Å². The molecule has 6 heteroatoms. The van der Waals surface area contributed by atoms with Crippen LogP contribution >= 0.6 is 11.8 Å². The number of carbonyl (C=O) groups excluding carboxylic acids is 1. The number of carbonyl (C=O) groups is 2. The summed E-state index contributed by atoms with van der Waals surface area (Å²) in [6, 6.07) is -0.810. The molecule has 0 spiro atoms. The Bertz CT molecular complexity index is 378. The van der Waals surface area contributed by atoms with Crippen molar-refractivity contribution < 1.29 is 14.7 Å². The molecule has 0 bridgehead atoms. The van der Waals surface area contributed by atoms with Crippen molar-refractivity contribution in [2.45, 2.75) is 44.6 Å². The number of nitrogens with zero attached hydrogens (tertiary/aromatic N) is 1. The predicted octanol–water partition coefficient (Wildman–Crippen LogP) is 2.41. The first-order chi connectivity index (χ1) is 10.1. The van der Waals surface area contributed by atoms with Gasteiger partial charge in [0.15, 0.2) is 0 Å². The molecule has 3 unspecified atom stereocenters. The fourth-order valence-electron chi connectivity index (χ4n) is 3.68. The molecule has 0 aromatic rings. The third-order valence-electron chi connectivity index (χ3n) is 4.71. The zero-order chi connectivity index (χ0) is 15.2. The smallest absolute Gasteiger partial charge is 0.326 e. The molecule has 1 saturated carbocycles. The minimum Gasteiger partial charge on any atom is -0.480 e. The third kappa shape index (κ3) is 4.05. The fourth-order valence-corrected chi connectivity index (χ4v) is 4.17. The number of thioether (sulfide) groups is 1. The summed E-state index contributed by atoms with van der Waals surface area (Å²) >= 11 is 1.84. The summed E-state index contributed by atoms with van der Waals surface area (Å²) in [5, 5.41) is 12.3. The molecule has 0 radical (unpaired) electrons. The third-order valence-corrected chi connectivity index (χ3v) is 5.40. The number of fused-ring (bicyclic) bond motifs is 1. The summed E-state index contributed by atoms with van der Waals surface area (Å²) in [4.78, 5) is 25.3. The molecule has 1 aliphatic carbocycles. The molecule has 0 aromatic heterocycles. The normalized spacial score (nSPS) is 27.7. The number of carboxylic acids is 1. The standard InChI is InChI=1S/C15H26N2O3S/c1-21-9-4-2-3-8-16-15(20)17-10-11-6-5-7-12(11)13(17)14(18)19/h11-13H,2-10H2,1H3,(H,16,20)(H,18,19). The van der Waals surface area contributed by atoms with Crippen molar-refractivity contribution in [3.8, 4) is 0 Å². The molecule has 5 nitrogen and oxygen atoms in total. The Morgan fingerprint density at radius 3 is 2.81 bits per heavy atom. The molecular weight excluding hydrogens is 288 g/mol. The number of likely N-dealkylation sites (tertiary alicyclic amines) is 1. The van der Waals surface area contributed by atoms with Gasteiger partial charge in [-0.2, -0.15) is 11.8 Å². The molecule has 2 amide bonds. The second kappa shape index (κ2) is 7.92. The van der Waals surface area contributed by atoms with Gasteiger partial charge in [-0.15, -0.1) is 0 Å². The van der Waals surface area contributed by atoms with E-state index >= 15 is 0 Å². The average Bonchev–Trinajstić information content (AvgIpc) is 3.01. The first-order valence-electron chi connectivity index (χ1n) is 7.91. The monoisotopic (exact) mass is 314 g/mol. The molecule has 0 aromatic carbocycles. The molecule has 3 atom stereocenters. The van der Waals surface area contributed by atoms with Crippen LogP contribution in [-0.2, 0) is 4.79 Å². The van der Waals surface area contributed by atoms with Crippen molar-refractivity contribution in [3.05, 3.63) is 0 Å². The fraction of sp³-hybridized carbons (Fsp3) is 0.867. The van der Waals surface area contributed by atoms with Crippen LogP contribution < -0.4 is 5.32 Å². The van der Waals surface area contributed by atoms with E-state index in [9.17, 15) is 14.7 Å². The zero-order valence-electron chi connectivity index (χ0n) is 12.7. The van der Waals surface area contributed by atoms with Crippen molar-refractivity contribution in [2.24, 2.45) is 11.8 Å². The molecule has 120 valence electrons. The second-order valence-corrected chi connectivity index (χ2v) is 7.06. The quantitative estimate of drug-likeness (QED) is 0.708. The minimum atomic E-state index is -0.848. The minimum absolute atomic E-state index is 0.162. The van der Waals surface area contributed by atoms with Crippen molar-refractivity contribution >= 4 is 23.8 Å². The number of carboxylic acid groups (broad SMARTS) is 1. The van der Waals surface area contributed by atoms with Gasteiger partial charge >= 0.3 is 12.0 Å². The number of unbranched alkanes of at least 4 members (excludes halogenated alkanes) is 2. The summed E-state index contributed by atoms with van der Waals surface area (Å²) in [5.41, 5.74) is 0. The maximum absolute atomic E-state index is 12.2. The van der Waals surface area contributed by atoms with E-state index in [2.05, 4.69) is 11.6 Å². The molecule has 2 fully saturated rings. The first-order valence-corrected chi connectivity index (χ1v) is 9.30. The van der Waals surface area contributed by atoms with Gasteiger partial charge in [0.1, 0.15) is 6.04 Å². The number of hydrogen-bond acceptors (Lipinski definition) is 3. The van der Waals surface area contributed by atoms with Crippen LogP contribution in [0.1, 0.15) is 38.5 Å². The predicted molar refractivity (Wildman–Crippen MR) is 84.6 cm³/mol. The van der Waals surface area contributed by atoms with E-state index in [-0.39, 0.29) is 11.9 Å². The van der Waals surface area contributed by atoms with Crippen LogP contribution in [0.25, 0.3) is 0 Å². The highest BCUT2D eigenvalue weighted by Crippen LogP contribution is 2.42. The van der Waals surface area contributed by atoms with E-state index in [4.69, 9.17) is 0 Å². The zero-order valence-corrected chi connectivity index (χ0v) is 13.5. The topological polar surface area (TPSA) is 69.6 Å². The van der Waals surface area contributed by atoms with Gasteiger partial charge in [0.2, 0.25) is 0 Å². The lowest BCUT2D eigenvalue weighted by molar-refractivity contribution is -0.142. The highest BCUT2D eigenvalue weighted by atomic mass is 32.2. The molecule has 1 aliphatic heterocycles. The Morgan fingerprint density at radius 1 is 1.29 bits per heavy atom. The number of amides is 2. The Morgan fingerprint density at radius 2 is 2.10 bits per heavy atom. The number of rotatable bonds is 7. The summed E-state index contributed by atoms with van der Waals surface area (Å²) in [6.45, 7) is 1.26. The largest absolute Gasteiger partial charge is 0.480 e. The number of urea groups is 1. The molecule has 21 heavy (non-hydrogen) atoms. The van der Waals surface area contributed by atoms with Gasteiger partial charge < -0.3 is 15.3 Å².